The van der Waals surface area contributed by atoms with E-state index in [0.717, 1.165) is 30.5 Å². The number of rotatable bonds is 4. The van der Waals surface area contributed by atoms with Crippen LogP contribution in [0.2, 0.25) is 0 Å². The molecule has 1 fully saturated rings. The van der Waals surface area contributed by atoms with Gasteiger partial charge in [0.2, 0.25) is 0 Å². The maximum Gasteiger partial charge on any atom is 0.176 e. The Bertz CT molecular complexity index is 504. The molecule has 0 N–H and O–H groups in total. The third-order valence-electron chi connectivity index (χ3n) is 3.86. The molecule has 0 aromatic heterocycles. The van der Waals surface area contributed by atoms with Gasteiger partial charge in [-0.25, -0.2) is 0 Å². The van der Waals surface area contributed by atoms with E-state index in [-0.39, 0.29) is 0 Å². The molecule has 0 aliphatic carbocycles. The zero-order valence-corrected chi connectivity index (χ0v) is 13.7. The summed E-state index contributed by atoms with van der Waals surface area (Å²) in [5, 5.41) is 1.02. The molecule has 2 heterocycles. The molecule has 1 aromatic carbocycles. The van der Waals surface area contributed by atoms with Crippen LogP contribution in [-0.4, -0.2) is 60.4 Å². The first-order valence-electron chi connectivity index (χ1n) is 7.11. The van der Waals surface area contributed by atoms with Crippen molar-refractivity contribution in [2.24, 2.45) is 0 Å². The van der Waals surface area contributed by atoms with Crippen LogP contribution in [0.25, 0.3) is 0 Å². The number of hydrogen-bond donors (Lipinski definition) is 0. The summed E-state index contributed by atoms with van der Waals surface area (Å²) in [5.74, 6) is 1.14. The first kappa shape index (κ1) is 14.2. The van der Waals surface area contributed by atoms with E-state index in [1.54, 1.807) is 0 Å². The van der Waals surface area contributed by atoms with Gasteiger partial charge in [-0.15, -0.1) is 11.8 Å². The van der Waals surface area contributed by atoms with Gasteiger partial charge in [-0.05, 0) is 51.4 Å². The number of fused-ring (bicyclic) bond motifs is 3. The highest BCUT2D eigenvalue weighted by atomic mass is 32.2. The zero-order valence-electron chi connectivity index (χ0n) is 12.1. The molecule has 1 atom stereocenters. The molecule has 1 unspecified atom stereocenters. The number of benzene rings is 1. The number of para-hydroxylation sites is 1. The molecule has 0 amide bonds. The van der Waals surface area contributed by atoms with E-state index in [1.165, 1.54) is 17.0 Å². The largest absolute Gasteiger partial charge is 0.347 e. The Morgan fingerprint density at radius 1 is 1.35 bits per heavy atom. The van der Waals surface area contributed by atoms with Crippen LogP contribution in [-0.2, 0) is 0 Å². The fourth-order valence-electron chi connectivity index (χ4n) is 2.88. The summed E-state index contributed by atoms with van der Waals surface area (Å²) in [7, 11) is 4.25. The monoisotopic (exact) mass is 307 g/mol. The van der Waals surface area contributed by atoms with Crippen LogP contribution >= 0.6 is 24.0 Å². The predicted octanol–water partition coefficient (Wildman–Crippen LogP) is 2.52. The molecule has 1 saturated heterocycles. The van der Waals surface area contributed by atoms with Gasteiger partial charge in [0.25, 0.3) is 0 Å². The molecular formula is C15H21N3S2. The Labute approximate surface area is 130 Å². The SMILES string of the molecule is CN(C)CCCN1CC2CSc3ccccc3N2C1=S. The molecular weight excluding hydrogens is 286 g/mol. The van der Waals surface area contributed by atoms with Crippen LogP contribution in [0.5, 0.6) is 0 Å². The van der Waals surface area contributed by atoms with Crippen molar-refractivity contribution in [3.8, 4) is 0 Å². The van der Waals surface area contributed by atoms with Gasteiger partial charge >= 0.3 is 0 Å². The highest BCUT2D eigenvalue weighted by Crippen LogP contribution is 2.40. The smallest absolute Gasteiger partial charge is 0.176 e. The molecule has 2 aliphatic heterocycles. The number of thiocarbonyl (C=S) groups is 1. The highest BCUT2D eigenvalue weighted by Gasteiger charge is 2.38. The van der Waals surface area contributed by atoms with Crippen LogP contribution in [0.3, 0.4) is 0 Å². The molecule has 0 saturated carbocycles. The summed E-state index contributed by atoms with van der Waals surface area (Å²) in [6.07, 6.45) is 1.17. The fraction of sp³-hybridized carbons (Fsp3) is 0.533. The van der Waals surface area contributed by atoms with Crippen molar-refractivity contribution in [2.45, 2.75) is 17.4 Å². The van der Waals surface area contributed by atoms with Gasteiger partial charge in [0.1, 0.15) is 0 Å². The minimum absolute atomic E-state index is 0.543. The van der Waals surface area contributed by atoms with Gasteiger partial charge in [0, 0.05) is 23.7 Å². The normalized spacial score (nSPS) is 21.4. The molecule has 2 aliphatic rings. The molecule has 20 heavy (non-hydrogen) atoms. The van der Waals surface area contributed by atoms with Gasteiger partial charge in [-0.3, -0.25) is 0 Å². The lowest BCUT2D eigenvalue weighted by Crippen LogP contribution is -2.38. The maximum absolute atomic E-state index is 5.72. The molecule has 0 bridgehead atoms. The minimum atomic E-state index is 0.543. The lowest BCUT2D eigenvalue weighted by Gasteiger charge is -2.31. The second-order valence-electron chi connectivity index (χ2n) is 5.69. The summed E-state index contributed by atoms with van der Waals surface area (Å²) >= 11 is 7.68. The number of anilines is 1. The Balaban J connectivity index is 1.72. The van der Waals surface area contributed by atoms with Gasteiger partial charge in [-0.1, -0.05) is 12.1 Å². The molecule has 0 spiro atoms. The van der Waals surface area contributed by atoms with Gasteiger partial charge < -0.3 is 14.7 Å². The highest BCUT2D eigenvalue weighted by molar-refractivity contribution is 7.99. The molecule has 5 heteroatoms. The number of thioether (sulfide) groups is 1. The van der Waals surface area contributed by atoms with E-state index >= 15 is 0 Å². The summed E-state index contributed by atoms with van der Waals surface area (Å²) < 4.78 is 0. The van der Waals surface area contributed by atoms with E-state index in [2.05, 4.69) is 53.1 Å². The third kappa shape index (κ3) is 2.67. The quantitative estimate of drug-likeness (QED) is 0.788. The van der Waals surface area contributed by atoms with Crippen molar-refractivity contribution >= 4 is 34.8 Å². The van der Waals surface area contributed by atoms with Crippen molar-refractivity contribution in [1.82, 2.24) is 9.80 Å². The predicted molar refractivity (Wildman–Crippen MR) is 90.8 cm³/mol. The summed E-state index contributed by atoms with van der Waals surface area (Å²) in [5.41, 5.74) is 1.30. The van der Waals surface area contributed by atoms with Gasteiger partial charge in [0.05, 0.1) is 11.7 Å². The van der Waals surface area contributed by atoms with Gasteiger partial charge in [-0.2, -0.15) is 0 Å². The molecule has 1 aromatic rings. The van der Waals surface area contributed by atoms with Crippen molar-refractivity contribution in [3.05, 3.63) is 24.3 Å². The topological polar surface area (TPSA) is 9.72 Å². The van der Waals surface area contributed by atoms with Gasteiger partial charge in [0.15, 0.2) is 5.11 Å². The molecule has 0 radical (unpaired) electrons. The van der Waals surface area contributed by atoms with E-state index in [0.29, 0.717) is 6.04 Å². The third-order valence-corrected chi connectivity index (χ3v) is 5.52. The number of hydrogen-bond acceptors (Lipinski definition) is 3. The van der Waals surface area contributed by atoms with Crippen LogP contribution in [0.15, 0.2) is 29.2 Å². The lowest BCUT2D eigenvalue weighted by molar-refractivity contribution is 0.357. The first-order valence-corrected chi connectivity index (χ1v) is 8.51. The van der Waals surface area contributed by atoms with Crippen molar-refractivity contribution in [1.29, 1.82) is 0 Å². The Kier molecular flexibility index (Phi) is 4.19. The van der Waals surface area contributed by atoms with E-state index < -0.39 is 0 Å². The maximum atomic E-state index is 5.72. The Morgan fingerprint density at radius 3 is 2.95 bits per heavy atom. The number of nitrogens with zero attached hydrogens (tertiary/aromatic N) is 3. The minimum Gasteiger partial charge on any atom is -0.347 e. The zero-order chi connectivity index (χ0) is 14.1. The standard InChI is InChI=1S/C15H21N3S2/c1-16(2)8-5-9-17-10-12-11-20-14-7-4-3-6-13(14)18(12)15(17)19/h3-4,6-7,12H,5,8-11H2,1-2H3. The average Bonchev–Trinajstić information content (AvgIpc) is 2.76. The molecule has 3 nitrogen and oxygen atoms in total. The van der Waals surface area contributed by atoms with E-state index in [1.807, 2.05) is 11.8 Å². The fourth-order valence-corrected chi connectivity index (χ4v) is 4.41. The van der Waals surface area contributed by atoms with Crippen LogP contribution in [0, 0.1) is 0 Å². The van der Waals surface area contributed by atoms with Crippen LogP contribution < -0.4 is 4.90 Å². The van der Waals surface area contributed by atoms with E-state index in [4.69, 9.17) is 12.2 Å². The first-order chi connectivity index (χ1) is 9.66. The van der Waals surface area contributed by atoms with Crippen molar-refractivity contribution in [2.75, 3.05) is 44.4 Å². The second kappa shape index (κ2) is 5.92. The molecule has 108 valence electrons. The van der Waals surface area contributed by atoms with Crippen molar-refractivity contribution in [3.63, 3.8) is 0 Å². The second-order valence-corrected chi connectivity index (χ2v) is 7.11. The summed E-state index contributed by atoms with van der Waals surface area (Å²) in [4.78, 5) is 8.35. The Morgan fingerprint density at radius 2 is 2.15 bits per heavy atom. The van der Waals surface area contributed by atoms with Crippen LogP contribution in [0.1, 0.15) is 6.42 Å². The van der Waals surface area contributed by atoms with E-state index in [9.17, 15) is 0 Å². The summed E-state index contributed by atoms with van der Waals surface area (Å²) in [6.45, 7) is 3.26. The summed E-state index contributed by atoms with van der Waals surface area (Å²) in [6, 6.07) is 9.17. The lowest BCUT2D eigenvalue weighted by atomic mass is 10.2. The molecule has 3 rings (SSSR count). The van der Waals surface area contributed by atoms with Crippen LogP contribution in [0.4, 0.5) is 5.69 Å². The average molecular weight is 307 g/mol. The van der Waals surface area contributed by atoms with Crippen molar-refractivity contribution < 1.29 is 0 Å². The Hall–Kier alpha value is -0.780.